The molecule has 0 aliphatic heterocycles. The normalized spacial score (nSPS) is 12.4. The summed E-state index contributed by atoms with van der Waals surface area (Å²) in [7, 11) is 3.29. The lowest BCUT2D eigenvalue weighted by Crippen LogP contribution is -2.45. The SMILES string of the molecule is CCCC[C@H](N)C(=O)N(CCCOC)CCOC. The minimum Gasteiger partial charge on any atom is -0.385 e. The van der Waals surface area contributed by atoms with Crippen LogP contribution >= 0.6 is 0 Å². The monoisotopic (exact) mass is 260 g/mol. The summed E-state index contributed by atoms with van der Waals surface area (Å²) in [5.41, 5.74) is 5.92. The Morgan fingerprint density at radius 1 is 1.17 bits per heavy atom. The van der Waals surface area contributed by atoms with E-state index in [1.54, 1.807) is 19.1 Å². The third kappa shape index (κ3) is 7.63. The molecule has 2 N–H and O–H groups in total. The molecule has 0 saturated heterocycles. The molecule has 0 saturated carbocycles. The van der Waals surface area contributed by atoms with Gasteiger partial charge in [-0.15, -0.1) is 0 Å². The van der Waals surface area contributed by atoms with Crippen molar-refractivity contribution in [3.05, 3.63) is 0 Å². The number of rotatable bonds is 11. The van der Waals surface area contributed by atoms with Gasteiger partial charge in [0.1, 0.15) is 0 Å². The summed E-state index contributed by atoms with van der Waals surface area (Å²) in [6.07, 6.45) is 3.63. The van der Waals surface area contributed by atoms with Crippen LogP contribution in [0.25, 0.3) is 0 Å². The van der Waals surface area contributed by atoms with Crippen molar-refractivity contribution in [3.8, 4) is 0 Å². The number of methoxy groups -OCH3 is 2. The highest BCUT2D eigenvalue weighted by Crippen LogP contribution is 2.04. The van der Waals surface area contributed by atoms with E-state index >= 15 is 0 Å². The summed E-state index contributed by atoms with van der Waals surface area (Å²) in [5.74, 6) is 0.0246. The molecule has 0 aromatic carbocycles. The Morgan fingerprint density at radius 2 is 1.83 bits per heavy atom. The first-order chi connectivity index (χ1) is 8.67. The summed E-state index contributed by atoms with van der Waals surface area (Å²) < 4.78 is 10.0. The van der Waals surface area contributed by atoms with Crippen LogP contribution in [0.4, 0.5) is 0 Å². The summed E-state index contributed by atoms with van der Waals surface area (Å²) in [6.45, 7) is 4.56. The summed E-state index contributed by atoms with van der Waals surface area (Å²) in [5, 5.41) is 0. The van der Waals surface area contributed by atoms with Crippen LogP contribution in [0.5, 0.6) is 0 Å². The van der Waals surface area contributed by atoms with Gasteiger partial charge in [0.15, 0.2) is 0 Å². The van der Waals surface area contributed by atoms with Gasteiger partial charge < -0.3 is 20.1 Å². The first-order valence-electron chi connectivity index (χ1n) is 6.69. The van der Waals surface area contributed by atoms with Crippen molar-refractivity contribution in [3.63, 3.8) is 0 Å². The minimum atomic E-state index is -0.385. The molecular weight excluding hydrogens is 232 g/mol. The van der Waals surface area contributed by atoms with Gasteiger partial charge in [0.25, 0.3) is 0 Å². The number of hydrogen-bond acceptors (Lipinski definition) is 4. The number of hydrogen-bond donors (Lipinski definition) is 1. The molecule has 0 heterocycles. The van der Waals surface area contributed by atoms with Crippen LogP contribution < -0.4 is 5.73 Å². The van der Waals surface area contributed by atoms with Gasteiger partial charge in [0.2, 0.25) is 5.91 Å². The molecule has 0 aromatic rings. The van der Waals surface area contributed by atoms with Gasteiger partial charge in [-0.1, -0.05) is 19.8 Å². The van der Waals surface area contributed by atoms with E-state index in [1.807, 2.05) is 0 Å². The van der Waals surface area contributed by atoms with Crippen LogP contribution in [0, 0.1) is 0 Å². The summed E-state index contributed by atoms with van der Waals surface area (Å²) in [6, 6.07) is -0.385. The Balaban J connectivity index is 4.19. The van der Waals surface area contributed by atoms with E-state index in [0.29, 0.717) is 26.3 Å². The van der Waals surface area contributed by atoms with Gasteiger partial charge in [-0.25, -0.2) is 0 Å². The molecule has 0 aromatic heterocycles. The van der Waals surface area contributed by atoms with Crippen LogP contribution in [0.3, 0.4) is 0 Å². The highest BCUT2D eigenvalue weighted by Gasteiger charge is 2.19. The summed E-state index contributed by atoms with van der Waals surface area (Å²) in [4.78, 5) is 13.9. The van der Waals surface area contributed by atoms with Crippen molar-refractivity contribution in [1.29, 1.82) is 0 Å². The van der Waals surface area contributed by atoms with E-state index in [0.717, 1.165) is 25.7 Å². The smallest absolute Gasteiger partial charge is 0.239 e. The van der Waals surface area contributed by atoms with Gasteiger partial charge in [0, 0.05) is 33.9 Å². The molecule has 1 atom stereocenters. The third-order valence-electron chi connectivity index (χ3n) is 2.84. The molecular formula is C13H28N2O3. The lowest BCUT2D eigenvalue weighted by molar-refractivity contribution is -0.133. The molecule has 108 valence electrons. The van der Waals surface area contributed by atoms with Crippen molar-refractivity contribution in [2.75, 3.05) is 40.5 Å². The number of nitrogens with zero attached hydrogens (tertiary/aromatic N) is 1. The van der Waals surface area contributed by atoms with E-state index in [-0.39, 0.29) is 11.9 Å². The zero-order valence-electron chi connectivity index (χ0n) is 12.0. The number of ether oxygens (including phenoxy) is 2. The molecule has 5 heteroatoms. The second kappa shape index (κ2) is 11.4. The van der Waals surface area contributed by atoms with E-state index in [1.165, 1.54) is 0 Å². The van der Waals surface area contributed by atoms with Crippen LogP contribution in [0.2, 0.25) is 0 Å². The highest BCUT2D eigenvalue weighted by molar-refractivity contribution is 5.81. The molecule has 5 nitrogen and oxygen atoms in total. The van der Waals surface area contributed by atoms with E-state index in [9.17, 15) is 4.79 Å². The number of carbonyl (C=O) groups excluding carboxylic acids is 1. The Kier molecular flexibility index (Phi) is 11.0. The minimum absolute atomic E-state index is 0.0246. The van der Waals surface area contributed by atoms with Crippen LogP contribution in [-0.4, -0.2) is 57.4 Å². The molecule has 18 heavy (non-hydrogen) atoms. The van der Waals surface area contributed by atoms with Gasteiger partial charge in [-0.2, -0.15) is 0 Å². The summed E-state index contributed by atoms with van der Waals surface area (Å²) >= 11 is 0. The van der Waals surface area contributed by atoms with Crippen molar-refractivity contribution in [2.45, 2.75) is 38.6 Å². The van der Waals surface area contributed by atoms with Crippen LogP contribution in [0.1, 0.15) is 32.6 Å². The van der Waals surface area contributed by atoms with E-state index in [4.69, 9.17) is 15.2 Å². The fourth-order valence-corrected chi connectivity index (χ4v) is 1.72. The Hall–Kier alpha value is -0.650. The largest absolute Gasteiger partial charge is 0.385 e. The quantitative estimate of drug-likeness (QED) is 0.563. The third-order valence-corrected chi connectivity index (χ3v) is 2.84. The van der Waals surface area contributed by atoms with Gasteiger partial charge in [0.05, 0.1) is 12.6 Å². The van der Waals surface area contributed by atoms with Crippen LogP contribution in [-0.2, 0) is 14.3 Å². The van der Waals surface area contributed by atoms with E-state index in [2.05, 4.69) is 6.92 Å². The van der Waals surface area contributed by atoms with Crippen molar-refractivity contribution < 1.29 is 14.3 Å². The van der Waals surface area contributed by atoms with Crippen molar-refractivity contribution >= 4 is 5.91 Å². The molecule has 0 spiro atoms. The fourth-order valence-electron chi connectivity index (χ4n) is 1.72. The molecule has 0 bridgehead atoms. The lowest BCUT2D eigenvalue weighted by Gasteiger charge is -2.25. The molecule has 1 amide bonds. The van der Waals surface area contributed by atoms with E-state index < -0.39 is 0 Å². The van der Waals surface area contributed by atoms with Gasteiger partial charge in [-0.3, -0.25) is 4.79 Å². The topological polar surface area (TPSA) is 64.8 Å². The number of nitrogens with two attached hydrogens (primary N) is 1. The predicted octanol–water partition coefficient (Wildman–Crippen LogP) is 1.02. The van der Waals surface area contributed by atoms with Crippen molar-refractivity contribution in [1.82, 2.24) is 4.90 Å². The zero-order chi connectivity index (χ0) is 13.8. The molecule has 0 unspecified atom stereocenters. The molecule has 0 rings (SSSR count). The average Bonchev–Trinajstić information content (AvgIpc) is 2.39. The Bertz CT molecular complexity index is 212. The maximum absolute atomic E-state index is 12.2. The lowest BCUT2D eigenvalue weighted by atomic mass is 10.1. The number of amides is 1. The maximum Gasteiger partial charge on any atom is 0.239 e. The molecule has 0 radical (unpaired) electrons. The molecule has 0 aliphatic carbocycles. The number of unbranched alkanes of at least 4 members (excludes halogenated alkanes) is 1. The Labute approximate surface area is 111 Å². The van der Waals surface area contributed by atoms with Gasteiger partial charge in [-0.05, 0) is 12.8 Å². The second-order valence-corrected chi connectivity index (χ2v) is 4.41. The first kappa shape index (κ1) is 17.4. The van der Waals surface area contributed by atoms with Crippen LogP contribution in [0.15, 0.2) is 0 Å². The highest BCUT2D eigenvalue weighted by atomic mass is 16.5. The second-order valence-electron chi connectivity index (χ2n) is 4.41. The number of carbonyl (C=O) groups is 1. The van der Waals surface area contributed by atoms with Gasteiger partial charge >= 0.3 is 0 Å². The first-order valence-corrected chi connectivity index (χ1v) is 6.69. The predicted molar refractivity (Wildman–Crippen MR) is 72.4 cm³/mol. The standard InChI is InChI=1S/C13H28N2O3/c1-4-5-7-12(14)13(16)15(9-11-18-3)8-6-10-17-2/h12H,4-11,14H2,1-3H3/t12-/m0/s1. The fraction of sp³-hybridized carbons (Fsp3) is 0.923. The molecule has 0 fully saturated rings. The maximum atomic E-state index is 12.2. The average molecular weight is 260 g/mol. The zero-order valence-corrected chi connectivity index (χ0v) is 12.0. The molecule has 0 aliphatic rings. The Morgan fingerprint density at radius 3 is 2.39 bits per heavy atom. The van der Waals surface area contributed by atoms with Crippen molar-refractivity contribution in [2.24, 2.45) is 5.73 Å².